The number of pyridine rings is 1. The lowest BCUT2D eigenvalue weighted by Crippen LogP contribution is -2.22. The molecule has 1 aliphatic rings. The largest absolute Gasteiger partial charge is 0.481 e. The van der Waals surface area contributed by atoms with E-state index in [4.69, 9.17) is 0 Å². The standard InChI is InChI=1S/C23H27N3O2/c1-16-3-4-21-20(13-16)19-7-11-25(2)12-8-22(19)26(21)15-18(14-23(27)28)17-5-9-24-10-6-17/h3-6,9-10,13,18H,7-8,11-12,14-15H2,1-2H3,(H,27,28). The van der Waals surface area contributed by atoms with Gasteiger partial charge in [-0.3, -0.25) is 9.78 Å². The highest BCUT2D eigenvalue weighted by atomic mass is 16.4. The van der Waals surface area contributed by atoms with Crippen molar-refractivity contribution >= 4 is 16.9 Å². The quantitative estimate of drug-likeness (QED) is 0.738. The van der Waals surface area contributed by atoms with Crippen molar-refractivity contribution in [2.45, 2.75) is 38.6 Å². The number of carboxylic acid groups (broad SMARTS) is 1. The smallest absolute Gasteiger partial charge is 0.304 e. The second-order valence-electron chi connectivity index (χ2n) is 7.94. The van der Waals surface area contributed by atoms with Crippen LogP contribution in [0.15, 0.2) is 42.7 Å². The Labute approximate surface area is 165 Å². The number of aryl methyl sites for hydroxylation is 1. The van der Waals surface area contributed by atoms with Crippen LogP contribution in [0.4, 0.5) is 0 Å². The fourth-order valence-electron chi connectivity index (χ4n) is 4.43. The minimum Gasteiger partial charge on any atom is -0.481 e. The summed E-state index contributed by atoms with van der Waals surface area (Å²) in [6.07, 6.45) is 5.64. The van der Waals surface area contributed by atoms with Gasteiger partial charge in [0.25, 0.3) is 0 Å². The third kappa shape index (κ3) is 3.67. The van der Waals surface area contributed by atoms with Crippen molar-refractivity contribution in [3.05, 3.63) is 65.1 Å². The van der Waals surface area contributed by atoms with Crippen LogP contribution in [0.5, 0.6) is 0 Å². The second-order valence-corrected chi connectivity index (χ2v) is 7.94. The van der Waals surface area contributed by atoms with Crippen molar-refractivity contribution in [2.75, 3.05) is 20.1 Å². The molecule has 1 aromatic carbocycles. The minimum absolute atomic E-state index is 0.0810. The van der Waals surface area contributed by atoms with Crippen molar-refractivity contribution in [3.63, 3.8) is 0 Å². The Balaban J connectivity index is 1.81. The molecule has 3 heterocycles. The number of carboxylic acids is 1. The van der Waals surface area contributed by atoms with Gasteiger partial charge in [0.05, 0.1) is 6.42 Å². The molecule has 5 heteroatoms. The van der Waals surface area contributed by atoms with Gasteiger partial charge in [-0.15, -0.1) is 0 Å². The predicted octanol–water partition coefficient (Wildman–Crippen LogP) is 3.63. The van der Waals surface area contributed by atoms with E-state index >= 15 is 0 Å². The molecule has 146 valence electrons. The van der Waals surface area contributed by atoms with Gasteiger partial charge in [0.2, 0.25) is 0 Å². The Morgan fingerprint density at radius 1 is 1.18 bits per heavy atom. The van der Waals surface area contributed by atoms with Gasteiger partial charge < -0.3 is 14.6 Å². The Kier molecular flexibility index (Phi) is 5.18. The number of carbonyl (C=O) groups is 1. The lowest BCUT2D eigenvalue weighted by molar-refractivity contribution is -0.137. The minimum atomic E-state index is -0.764. The van der Waals surface area contributed by atoms with Crippen LogP contribution in [0, 0.1) is 6.92 Å². The first-order valence-corrected chi connectivity index (χ1v) is 9.94. The number of rotatable bonds is 5. The molecule has 0 amide bonds. The molecule has 0 bridgehead atoms. The summed E-state index contributed by atoms with van der Waals surface area (Å²) in [6.45, 7) is 4.90. The van der Waals surface area contributed by atoms with Crippen molar-refractivity contribution in [2.24, 2.45) is 0 Å². The first-order valence-electron chi connectivity index (χ1n) is 9.94. The van der Waals surface area contributed by atoms with E-state index in [1.54, 1.807) is 12.4 Å². The Bertz CT molecular complexity index is 994. The molecule has 5 nitrogen and oxygen atoms in total. The molecule has 1 atom stereocenters. The molecule has 28 heavy (non-hydrogen) atoms. The van der Waals surface area contributed by atoms with Crippen molar-refractivity contribution in [1.29, 1.82) is 0 Å². The van der Waals surface area contributed by atoms with Crippen LogP contribution in [-0.4, -0.2) is 45.7 Å². The molecule has 0 radical (unpaired) electrons. The van der Waals surface area contributed by atoms with E-state index in [-0.39, 0.29) is 12.3 Å². The van der Waals surface area contributed by atoms with Crippen LogP contribution in [0.1, 0.15) is 34.7 Å². The summed E-state index contributed by atoms with van der Waals surface area (Å²) in [6, 6.07) is 10.5. The molecule has 0 fully saturated rings. The van der Waals surface area contributed by atoms with Gasteiger partial charge in [-0.25, -0.2) is 0 Å². The highest BCUT2D eigenvalue weighted by molar-refractivity contribution is 5.86. The summed E-state index contributed by atoms with van der Waals surface area (Å²) in [5.41, 5.74) is 6.33. The number of aromatic nitrogens is 2. The van der Waals surface area contributed by atoms with E-state index in [0.717, 1.165) is 31.5 Å². The molecule has 1 unspecified atom stereocenters. The highest BCUT2D eigenvalue weighted by Gasteiger charge is 2.24. The van der Waals surface area contributed by atoms with Gasteiger partial charge >= 0.3 is 5.97 Å². The topological polar surface area (TPSA) is 58.4 Å². The third-order valence-corrected chi connectivity index (χ3v) is 5.92. The van der Waals surface area contributed by atoms with Crippen LogP contribution in [0.3, 0.4) is 0 Å². The van der Waals surface area contributed by atoms with E-state index in [1.165, 1.54) is 27.7 Å². The van der Waals surface area contributed by atoms with E-state index in [2.05, 4.69) is 46.6 Å². The summed E-state index contributed by atoms with van der Waals surface area (Å²) in [5.74, 6) is -0.845. The molecule has 0 spiro atoms. The highest BCUT2D eigenvalue weighted by Crippen LogP contribution is 2.33. The van der Waals surface area contributed by atoms with Crippen LogP contribution >= 0.6 is 0 Å². The molecular formula is C23H27N3O2. The number of benzene rings is 1. The van der Waals surface area contributed by atoms with Crippen LogP contribution in [-0.2, 0) is 24.2 Å². The lowest BCUT2D eigenvalue weighted by atomic mass is 9.96. The van der Waals surface area contributed by atoms with Gasteiger partial charge in [-0.05, 0) is 55.8 Å². The maximum Gasteiger partial charge on any atom is 0.304 e. The van der Waals surface area contributed by atoms with Crippen LogP contribution < -0.4 is 0 Å². The number of likely N-dealkylation sites (N-methyl/N-ethyl adjacent to an activating group) is 1. The molecule has 4 rings (SSSR count). The van der Waals surface area contributed by atoms with E-state index in [9.17, 15) is 9.90 Å². The summed E-state index contributed by atoms with van der Waals surface area (Å²) in [5, 5.41) is 10.8. The maximum atomic E-state index is 11.6. The normalized spacial score (nSPS) is 15.9. The zero-order valence-electron chi connectivity index (χ0n) is 16.6. The van der Waals surface area contributed by atoms with E-state index < -0.39 is 5.97 Å². The zero-order valence-corrected chi connectivity index (χ0v) is 16.6. The molecular weight excluding hydrogens is 350 g/mol. The third-order valence-electron chi connectivity index (χ3n) is 5.92. The van der Waals surface area contributed by atoms with E-state index in [1.807, 2.05) is 12.1 Å². The number of nitrogens with zero attached hydrogens (tertiary/aromatic N) is 3. The fourth-order valence-corrected chi connectivity index (χ4v) is 4.43. The molecule has 2 aromatic heterocycles. The number of fused-ring (bicyclic) bond motifs is 3. The van der Waals surface area contributed by atoms with Gasteiger partial charge in [-0.2, -0.15) is 0 Å². The van der Waals surface area contributed by atoms with Crippen LogP contribution in [0.25, 0.3) is 10.9 Å². The predicted molar refractivity (Wildman–Crippen MR) is 111 cm³/mol. The van der Waals surface area contributed by atoms with Gasteiger partial charge in [0, 0.05) is 61.0 Å². The Hall–Kier alpha value is -2.66. The average molecular weight is 377 g/mol. The molecule has 0 saturated heterocycles. The molecule has 0 aliphatic carbocycles. The van der Waals surface area contributed by atoms with Crippen molar-refractivity contribution in [1.82, 2.24) is 14.5 Å². The summed E-state index contributed by atoms with van der Waals surface area (Å²) >= 11 is 0. The monoisotopic (exact) mass is 377 g/mol. The summed E-state index contributed by atoms with van der Waals surface area (Å²) in [4.78, 5) is 18.0. The summed E-state index contributed by atoms with van der Waals surface area (Å²) in [7, 11) is 2.17. The molecule has 0 saturated carbocycles. The summed E-state index contributed by atoms with van der Waals surface area (Å²) < 4.78 is 2.39. The van der Waals surface area contributed by atoms with Gasteiger partial charge in [-0.1, -0.05) is 11.6 Å². The fraction of sp³-hybridized carbons (Fsp3) is 0.391. The van der Waals surface area contributed by atoms with Crippen molar-refractivity contribution < 1.29 is 9.90 Å². The van der Waals surface area contributed by atoms with E-state index in [0.29, 0.717) is 6.54 Å². The van der Waals surface area contributed by atoms with Gasteiger partial charge in [0.1, 0.15) is 0 Å². The Morgan fingerprint density at radius 2 is 1.93 bits per heavy atom. The first kappa shape index (κ1) is 18.7. The maximum absolute atomic E-state index is 11.6. The average Bonchev–Trinajstić information content (AvgIpc) is 2.81. The number of aliphatic carboxylic acids is 1. The molecule has 1 aliphatic heterocycles. The van der Waals surface area contributed by atoms with Crippen LogP contribution in [0.2, 0.25) is 0 Å². The number of hydrogen-bond acceptors (Lipinski definition) is 3. The van der Waals surface area contributed by atoms with Crippen molar-refractivity contribution in [3.8, 4) is 0 Å². The lowest BCUT2D eigenvalue weighted by Gasteiger charge is -2.20. The second kappa shape index (κ2) is 7.76. The van der Waals surface area contributed by atoms with Gasteiger partial charge in [0.15, 0.2) is 0 Å². The number of hydrogen-bond donors (Lipinski definition) is 1. The molecule has 1 N–H and O–H groups in total. The first-order chi connectivity index (χ1) is 13.5. The SMILES string of the molecule is Cc1ccc2c(c1)c1c(n2CC(CC(=O)O)c2ccncc2)CCN(C)CC1. The Morgan fingerprint density at radius 3 is 2.68 bits per heavy atom. The molecule has 3 aromatic rings. The zero-order chi connectivity index (χ0) is 19.7.